The van der Waals surface area contributed by atoms with E-state index in [1.54, 1.807) is 0 Å². The predicted octanol–water partition coefficient (Wildman–Crippen LogP) is 2.94. The second-order valence-corrected chi connectivity index (χ2v) is 5.05. The van der Waals surface area contributed by atoms with Gasteiger partial charge in [-0.25, -0.2) is 0 Å². The third-order valence-corrected chi connectivity index (χ3v) is 3.70. The van der Waals surface area contributed by atoms with Crippen LogP contribution >= 0.6 is 0 Å². The molecule has 1 atom stereocenters. The van der Waals surface area contributed by atoms with Crippen molar-refractivity contribution in [3.05, 3.63) is 30.1 Å². The van der Waals surface area contributed by atoms with Crippen molar-refractivity contribution in [3.8, 4) is 0 Å². The van der Waals surface area contributed by atoms with Crippen LogP contribution in [0.25, 0.3) is 0 Å². The van der Waals surface area contributed by atoms with Crippen LogP contribution in [0.1, 0.15) is 44.7 Å². The molecule has 0 saturated heterocycles. The summed E-state index contributed by atoms with van der Waals surface area (Å²) in [5.41, 5.74) is 1.30. The highest BCUT2D eigenvalue weighted by atomic mass is 16.5. The quantitative estimate of drug-likeness (QED) is 0.805. The zero-order valence-electron chi connectivity index (χ0n) is 11.4. The molecule has 1 aromatic heterocycles. The summed E-state index contributed by atoms with van der Waals surface area (Å²) in [5, 5.41) is 3.56. The first-order chi connectivity index (χ1) is 8.83. The van der Waals surface area contributed by atoms with Gasteiger partial charge in [-0.05, 0) is 50.3 Å². The van der Waals surface area contributed by atoms with Crippen molar-refractivity contribution in [1.82, 2.24) is 10.3 Å². The number of nitrogens with zero attached hydrogens (tertiary/aromatic N) is 1. The van der Waals surface area contributed by atoms with Crippen molar-refractivity contribution in [1.29, 1.82) is 0 Å². The molecule has 2 rings (SSSR count). The summed E-state index contributed by atoms with van der Waals surface area (Å²) in [4.78, 5) is 4.22. The minimum Gasteiger partial charge on any atom is -0.378 e. The lowest BCUT2D eigenvalue weighted by Gasteiger charge is -2.37. The van der Waals surface area contributed by atoms with Crippen LogP contribution < -0.4 is 5.32 Å². The van der Waals surface area contributed by atoms with E-state index < -0.39 is 0 Å². The van der Waals surface area contributed by atoms with Gasteiger partial charge in [-0.2, -0.15) is 0 Å². The summed E-state index contributed by atoms with van der Waals surface area (Å²) in [6.07, 6.45) is 7.96. The van der Waals surface area contributed by atoms with Crippen molar-refractivity contribution >= 4 is 0 Å². The fraction of sp³-hybridized carbons (Fsp3) is 0.667. The molecule has 18 heavy (non-hydrogen) atoms. The van der Waals surface area contributed by atoms with Crippen LogP contribution in [0.15, 0.2) is 24.5 Å². The van der Waals surface area contributed by atoms with Gasteiger partial charge in [0.25, 0.3) is 0 Å². The Labute approximate surface area is 110 Å². The third-order valence-electron chi connectivity index (χ3n) is 3.70. The monoisotopic (exact) mass is 248 g/mol. The van der Waals surface area contributed by atoms with E-state index in [4.69, 9.17) is 4.74 Å². The minimum atomic E-state index is 0.441. The summed E-state index contributed by atoms with van der Waals surface area (Å²) < 4.78 is 5.62. The highest BCUT2D eigenvalue weighted by molar-refractivity contribution is 5.14. The Bertz CT molecular complexity index is 336. The van der Waals surface area contributed by atoms with Crippen molar-refractivity contribution in [2.45, 2.75) is 45.3 Å². The molecule has 1 aliphatic rings. The van der Waals surface area contributed by atoms with Crippen LogP contribution in [0.5, 0.6) is 0 Å². The van der Waals surface area contributed by atoms with Gasteiger partial charge in [0.1, 0.15) is 0 Å². The molecule has 1 unspecified atom stereocenters. The summed E-state index contributed by atoms with van der Waals surface area (Å²) in [6.45, 7) is 6.08. The first-order valence-electron chi connectivity index (χ1n) is 7.08. The van der Waals surface area contributed by atoms with Gasteiger partial charge in [-0.15, -0.1) is 0 Å². The zero-order chi connectivity index (χ0) is 12.8. The Kier molecular flexibility index (Phi) is 5.14. The van der Waals surface area contributed by atoms with E-state index in [0.717, 1.165) is 19.1 Å². The van der Waals surface area contributed by atoms with Crippen LogP contribution in [0.3, 0.4) is 0 Å². The maximum atomic E-state index is 5.62. The van der Waals surface area contributed by atoms with Crippen LogP contribution in [0.2, 0.25) is 0 Å². The van der Waals surface area contributed by atoms with E-state index in [0.29, 0.717) is 12.1 Å². The molecule has 1 N–H and O–H groups in total. The van der Waals surface area contributed by atoms with Crippen LogP contribution in [0.4, 0.5) is 0 Å². The molecule has 0 spiro atoms. The van der Waals surface area contributed by atoms with Crippen molar-refractivity contribution in [3.63, 3.8) is 0 Å². The van der Waals surface area contributed by atoms with Gasteiger partial charge >= 0.3 is 0 Å². The largest absolute Gasteiger partial charge is 0.378 e. The van der Waals surface area contributed by atoms with E-state index in [9.17, 15) is 0 Å². The molecular weight excluding hydrogens is 224 g/mol. The first-order valence-corrected chi connectivity index (χ1v) is 7.08. The van der Waals surface area contributed by atoms with Crippen molar-refractivity contribution in [2.24, 2.45) is 5.92 Å². The van der Waals surface area contributed by atoms with Crippen molar-refractivity contribution in [2.75, 3.05) is 13.2 Å². The highest BCUT2D eigenvalue weighted by Crippen LogP contribution is 2.36. The van der Waals surface area contributed by atoms with Gasteiger partial charge < -0.3 is 10.1 Å². The number of aromatic nitrogens is 1. The Hall–Kier alpha value is -0.930. The molecule has 0 radical (unpaired) electrons. The highest BCUT2D eigenvalue weighted by Gasteiger charge is 2.31. The summed E-state index contributed by atoms with van der Waals surface area (Å²) >= 11 is 0. The number of rotatable bonds is 7. The third kappa shape index (κ3) is 3.53. The standard InChI is InChI=1S/C15H24N2O/c1-3-17-15(13-6-5-7-16-11-13)10-12-8-14(9-12)18-4-2/h5-7,11-12,14-15,17H,3-4,8-10H2,1-2H3. The smallest absolute Gasteiger partial charge is 0.0580 e. The predicted molar refractivity (Wildman–Crippen MR) is 73.4 cm³/mol. The zero-order valence-corrected chi connectivity index (χ0v) is 11.4. The van der Waals surface area contributed by atoms with Gasteiger partial charge in [0.2, 0.25) is 0 Å². The lowest BCUT2D eigenvalue weighted by atomic mass is 9.77. The molecule has 0 aliphatic heterocycles. The maximum Gasteiger partial charge on any atom is 0.0580 e. The summed E-state index contributed by atoms with van der Waals surface area (Å²) in [5.74, 6) is 0.797. The molecule has 0 aromatic carbocycles. The van der Waals surface area contributed by atoms with Gasteiger partial charge in [0.15, 0.2) is 0 Å². The molecule has 0 amide bonds. The fourth-order valence-electron chi connectivity index (χ4n) is 2.74. The van der Waals surface area contributed by atoms with E-state index in [1.807, 2.05) is 18.5 Å². The first kappa shape index (κ1) is 13.5. The number of nitrogens with one attached hydrogen (secondary N) is 1. The number of ether oxygens (including phenoxy) is 1. The molecule has 1 aromatic rings. The SMILES string of the molecule is CCNC(CC1CC(OCC)C1)c1cccnc1. The molecule has 0 bridgehead atoms. The number of hydrogen-bond donors (Lipinski definition) is 1. The van der Waals surface area contributed by atoms with Crippen molar-refractivity contribution < 1.29 is 4.74 Å². The van der Waals surface area contributed by atoms with Crippen LogP contribution in [0, 0.1) is 5.92 Å². The average molecular weight is 248 g/mol. The Morgan fingerprint density at radius 2 is 2.28 bits per heavy atom. The second kappa shape index (κ2) is 6.86. The normalized spacial score (nSPS) is 24.6. The second-order valence-electron chi connectivity index (χ2n) is 5.05. The Morgan fingerprint density at radius 3 is 2.89 bits per heavy atom. The molecule has 1 fully saturated rings. The van der Waals surface area contributed by atoms with E-state index in [2.05, 4.69) is 30.2 Å². The molecule has 100 valence electrons. The molecule has 3 heteroatoms. The maximum absolute atomic E-state index is 5.62. The molecule has 1 heterocycles. The van der Waals surface area contributed by atoms with Crippen LogP contribution in [-0.2, 0) is 4.74 Å². The average Bonchev–Trinajstić information content (AvgIpc) is 2.36. The Morgan fingerprint density at radius 1 is 1.44 bits per heavy atom. The lowest BCUT2D eigenvalue weighted by molar-refractivity contribution is -0.0291. The molecule has 1 saturated carbocycles. The number of pyridine rings is 1. The summed E-state index contributed by atoms with van der Waals surface area (Å²) in [7, 11) is 0. The molecule has 1 aliphatic carbocycles. The number of hydrogen-bond acceptors (Lipinski definition) is 3. The molecular formula is C15H24N2O. The van der Waals surface area contributed by atoms with Gasteiger partial charge in [0.05, 0.1) is 6.10 Å². The van der Waals surface area contributed by atoms with E-state index in [1.165, 1.54) is 24.8 Å². The van der Waals surface area contributed by atoms with Gasteiger partial charge in [-0.3, -0.25) is 4.98 Å². The Balaban J connectivity index is 1.85. The van der Waals surface area contributed by atoms with E-state index >= 15 is 0 Å². The topological polar surface area (TPSA) is 34.1 Å². The van der Waals surface area contributed by atoms with Gasteiger partial charge in [0, 0.05) is 25.0 Å². The molecule has 3 nitrogen and oxygen atoms in total. The fourth-order valence-corrected chi connectivity index (χ4v) is 2.74. The minimum absolute atomic E-state index is 0.441. The summed E-state index contributed by atoms with van der Waals surface area (Å²) in [6, 6.07) is 4.62. The van der Waals surface area contributed by atoms with E-state index in [-0.39, 0.29) is 0 Å². The van der Waals surface area contributed by atoms with Crippen LogP contribution in [-0.4, -0.2) is 24.2 Å². The lowest BCUT2D eigenvalue weighted by Crippen LogP contribution is -2.34. The van der Waals surface area contributed by atoms with Gasteiger partial charge in [-0.1, -0.05) is 13.0 Å².